The van der Waals surface area contributed by atoms with E-state index in [0.29, 0.717) is 30.2 Å². The van der Waals surface area contributed by atoms with E-state index < -0.39 is 24.5 Å². The summed E-state index contributed by atoms with van der Waals surface area (Å²) in [5, 5.41) is 32.6. The minimum atomic E-state index is -1.19. The number of aliphatic hydroxyl groups is 3. The third kappa shape index (κ3) is 2.52. The predicted octanol–water partition coefficient (Wildman–Crippen LogP) is -1.36. The maximum Gasteiger partial charge on any atom is 0.167 e. The van der Waals surface area contributed by atoms with Gasteiger partial charge in [-0.05, 0) is 6.42 Å². The Morgan fingerprint density at radius 1 is 1.25 bits per heavy atom. The normalized spacial score (nSPS) is 33.4. The Kier molecular flexibility index (Phi) is 4.06. The van der Waals surface area contributed by atoms with Crippen molar-refractivity contribution < 1.29 is 24.8 Å². The van der Waals surface area contributed by atoms with Crippen LogP contribution >= 0.6 is 0 Å². The zero-order chi connectivity index (χ0) is 16.7. The van der Waals surface area contributed by atoms with Gasteiger partial charge in [-0.15, -0.1) is 0 Å². The van der Waals surface area contributed by atoms with E-state index in [2.05, 4.69) is 20.3 Å². The predicted molar refractivity (Wildman–Crippen MR) is 81.2 cm³/mol. The quantitative estimate of drug-likeness (QED) is 0.533. The van der Waals surface area contributed by atoms with Gasteiger partial charge in [-0.1, -0.05) is 0 Å². The maximum atomic E-state index is 10.2. The van der Waals surface area contributed by atoms with E-state index in [1.54, 1.807) is 0 Å². The summed E-state index contributed by atoms with van der Waals surface area (Å²) in [7, 11) is 0. The minimum Gasteiger partial charge on any atom is -0.394 e. The Hall–Kier alpha value is -1.85. The van der Waals surface area contributed by atoms with Crippen LogP contribution in [0.5, 0.6) is 0 Å². The van der Waals surface area contributed by atoms with Crippen LogP contribution in [0.15, 0.2) is 12.7 Å². The van der Waals surface area contributed by atoms with Crippen molar-refractivity contribution in [3.8, 4) is 0 Å². The molecule has 0 amide bonds. The molecule has 2 aromatic rings. The third-order valence-corrected chi connectivity index (χ3v) is 4.42. The minimum absolute atomic E-state index is 0.169. The highest BCUT2D eigenvalue weighted by Gasteiger charge is 2.44. The Labute approximate surface area is 137 Å². The van der Waals surface area contributed by atoms with Crippen LogP contribution in [-0.4, -0.2) is 79.0 Å². The van der Waals surface area contributed by atoms with Crippen LogP contribution in [0.25, 0.3) is 11.2 Å². The summed E-state index contributed by atoms with van der Waals surface area (Å²) >= 11 is 0. The maximum absolute atomic E-state index is 10.2. The van der Waals surface area contributed by atoms with Crippen molar-refractivity contribution in [3.63, 3.8) is 0 Å². The van der Waals surface area contributed by atoms with Crippen LogP contribution in [0.2, 0.25) is 0 Å². The summed E-state index contributed by atoms with van der Waals surface area (Å²) in [5.74, 6) is 0.584. The lowest BCUT2D eigenvalue weighted by atomic mass is 10.1. The number of nitrogens with zero attached hydrogens (tertiary/aromatic N) is 4. The zero-order valence-electron chi connectivity index (χ0n) is 12.8. The highest BCUT2D eigenvalue weighted by molar-refractivity contribution is 5.82. The molecule has 0 aromatic carbocycles. The fourth-order valence-corrected chi connectivity index (χ4v) is 3.10. The number of aliphatic hydroxyl groups excluding tert-OH is 3. The zero-order valence-corrected chi connectivity index (χ0v) is 12.8. The molecule has 2 fully saturated rings. The Bertz CT molecular complexity index is 719. The van der Waals surface area contributed by atoms with Gasteiger partial charge in [0.1, 0.15) is 24.6 Å². The van der Waals surface area contributed by atoms with Gasteiger partial charge >= 0.3 is 0 Å². The summed E-state index contributed by atoms with van der Waals surface area (Å²) in [6, 6.07) is 0.169. The molecule has 0 bridgehead atoms. The molecular weight excluding hydrogens is 318 g/mol. The van der Waals surface area contributed by atoms with Crippen LogP contribution in [0.3, 0.4) is 0 Å². The fraction of sp³-hybridized carbons (Fsp3) is 0.643. The average Bonchev–Trinajstić information content (AvgIpc) is 3.30. The molecule has 10 heteroatoms. The molecule has 2 aromatic heterocycles. The first-order valence-corrected chi connectivity index (χ1v) is 7.83. The van der Waals surface area contributed by atoms with Crippen molar-refractivity contribution in [1.82, 2.24) is 19.5 Å². The summed E-state index contributed by atoms with van der Waals surface area (Å²) in [5.41, 5.74) is 1.02. The lowest BCUT2D eigenvalue weighted by Gasteiger charge is -2.16. The molecule has 130 valence electrons. The van der Waals surface area contributed by atoms with Crippen LogP contribution in [-0.2, 0) is 9.47 Å². The lowest BCUT2D eigenvalue weighted by molar-refractivity contribution is -0.0511. The molecule has 0 aliphatic carbocycles. The second-order valence-corrected chi connectivity index (χ2v) is 5.98. The summed E-state index contributed by atoms with van der Waals surface area (Å²) < 4.78 is 12.4. The molecule has 4 heterocycles. The van der Waals surface area contributed by atoms with E-state index in [1.807, 2.05) is 0 Å². The van der Waals surface area contributed by atoms with Crippen molar-refractivity contribution in [3.05, 3.63) is 12.7 Å². The number of rotatable bonds is 4. The largest absolute Gasteiger partial charge is 0.394 e. The average molecular weight is 337 g/mol. The lowest BCUT2D eigenvalue weighted by Crippen LogP contribution is -2.33. The number of anilines is 1. The van der Waals surface area contributed by atoms with Crippen molar-refractivity contribution in [1.29, 1.82) is 0 Å². The number of fused-ring (bicyclic) bond motifs is 1. The van der Waals surface area contributed by atoms with Gasteiger partial charge in [-0.25, -0.2) is 15.0 Å². The Morgan fingerprint density at radius 2 is 2.12 bits per heavy atom. The summed E-state index contributed by atoms with van der Waals surface area (Å²) in [6.07, 6.45) is -0.310. The van der Waals surface area contributed by atoms with Gasteiger partial charge in [0.2, 0.25) is 0 Å². The van der Waals surface area contributed by atoms with Crippen molar-refractivity contribution in [2.45, 2.75) is 37.0 Å². The van der Waals surface area contributed by atoms with Gasteiger partial charge in [-0.2, -0.15) is 0 Å². The number of nitrogens with one attached hydrogen (secondary N) is 1. The molecule has 24 heavy (non-hydrogen) atoms. The van der Waals surface area contributed by atoms with Crippen LogP contribution in [0, 0.1) is 0 Å². The highest BCUT2D eigenvalue weighted by Crippen LogP contribution is 2.32. The van der Waals surface area contributed by atoms with E-state index >= 15 is 0 Å². The molecule has 2 aliphatic rings. The van der Waals surface area contributed by atoms with Gasteiger partial charge in [0, 0.05) is 6.61 Å². The fourth-order valence-electron chi connectivity index (χ4n) is 3.10. The molecule has 10 nitrogen and oxygen atoms in total. The van der Waals surface area contributed by atoms with E-state index in [0.717, 1.165) is 6.42 Å². The van der Waals surface area contributed by atoms with Crippen molar-refractivity contribution >= 4 is 17.0 Å². The molecule has 5 atom stereocenters. The van der Waals surface area contributed by atoms with Crippen LogP contribution in [0.1, 0.15) is 12.6 Å². The first-order valence-electron chi connectivity index (χ1n) is 7.83. The number of hydrogen-bond donors (Lipinski definition) is 4. The van der Waals surface area contributed by atoms with Crippen molar-refractivity contribution in [2.24, 2.45) is 0 Å². The Morgan fingerprint density at radius 3 is 2.83 bits per heavy atom. The van der Waals surface area contributed by atoms with Crippen molar-refractivity contribution in [2.75, 3.05) is 25.1 Å². The standard InChI is InChI=1S/C14H19N5O5/c20-3-8-10(21)11(22)14(24-8)19-6-17-9-12(15-5-16-13(9)19)18-7-1-2-23-4-7/h5-8,10-11,14,20-22H,1-4H2,(H,15,16,18)/t7?,8-,10?,11?,14?/m1/s1. The van der Waals surface area contributed by atoms with Crippen LogP contribution < -0.4 is 5.32 Å². The van der Waals surface area contributed by atoms with Crippen LogP contribution in [0.4, 0.5) is 5.82 Å². The van der Waals surface area contributed by atoms with Gasteiger partial charge in [0.05, 0.1) is 25.6 Å². The van der Waals surface area contributed by atoms with Gasteiger partial charge < -0.3 is 30.1 Å². The summed E-state index contributed by atoms with van der Waals surface area (Å²) in [6.45, 7) is 0.939. The van der Waals surface area contributed by atoms with Gasteiger partial charge in [0.25, 0.3) is 0 Å². The topological polar surface area (TPSA) is 135 Å². The number of aromatic nitrogens is 4. The molecule has 0 spiro atoms. The van der Waals surface area contributed by atoms with E-state index in [-0.39, 0.29) is 12.6 Å². The molecular formula is C14H19N5O5. The molecule has 4 rings (SSSR count). The molecule has 4 unspecified atom stereocenters. The summed E-state index contributed by atoms with van der Waals surface area (Å²) in [4.78, 5) is 12.8. The van der Waals surface area contributed by atoms with Gasteiger partial charge in [-0.3, -0.25) is 4.57 Å². The molecule has 0 radical (unpaired) electrons. The smallest absolute Gasteiger partial charge is 0.167 e. The highest BCUT2D eigenvalue weighted by atomic mass is 16.6. The number of imidazole rings is 1. The molecule has 0 saturated carbocycles. The molecule has 2 saturated heterocycles. The van der Waals surface area contributed by atoms with E-state index in [1.165, 1.54) is 17.2 Å². The third-order valence-electron chi connectivity index (χ3n) is 4.42. The van der Waals surface area contributed by atoms with E-state index in [4.69, 9.17) is 9.47 Å². The Balaban J connectivity index is 1.65. The van der Waals surface area contributed by atoms with E-state index in [9.17, 15) is 15.3 Å². The molecule has 4 N–H and O–H groups in total. The number of hydrogen-bond acceptors (Lipinski definition) is 9. The SMILES string of the molecule is OC[C@H]1OC(n2cnc3c(NC4CCOC4)ncnc32)C(O)C1O. The second-order valence-electron chi connectivity index (χ2n) is 5.98. The monoisotopic (exact) mass is 337 g/mol. The number of ether oxygens (including phenoxy) is 2. The first kappa shape index (κ1) is 15.7. The first-order chi connectivity index (χ1) is 11.7. The molecule has 2 aliphatic heterocycles. The van der Waals surface area contributed by atoms with Gasteiger partial charge in [0.15, 0.2) is 23.2 Å². The second kappa shape index (κ2) is 6.22.